The van der Waals surface area contributed by atoms with Gasteiger partial charge in [-0.15, -0.1) is 0 Å². The van der Waals surface area contributed by atoms with Gasteiger partial charge in [0, 0.05) is 23.3 Å². The third-order valence-electron chi connectivity index (χ3n) is 4.10. The maximum absolute atomic E-state index is 12.3. The SMILES string of the molecule is COc1ccc(C(=O)Nc2ccc(-n3ccc4ccncc43)nc2)cc1. The third kappa shape index (κ3) is 3.00. The molecule has 26 heavy (non-hydrogen) atoms. The van der Waals surface area contributed by atoms with Crippen molar-refractivity contribution >= 4 is 22.5 Å². The van der Waals surface area contributed by atoms with Crippen molar-refractivity contribution in [2.24, 2.45) is 0 Å². The standard InChI is InChI=1S/C20H16N4O2/c1-26-17-5-2-15(3-6-17)20(25)23-16-4-7-19(22-12-16)24-11-9-14-8-10-21-13-18(14)24/h2-13H,1H3,(H,23,25). The van der Waals surface area contributed by atoms with Crippen LogP contribution in [0.5, 0.6) is 5.75 Å². The first-order valence-electron chi connectivity index (χ1n) is 8.07. The van der Waals surface area contributed by atoms with Gasteiger partial charge in [-0.25, -0.2) is 4.98 Å². The first-order valence-corrected chi connectivity index (χ1v) is 8.07. The van der Waals surface area contributed by atoms with E-state index in [0.29, 0.717) is 17.0 Å². The van der Waals surface area contributed by atoms with Gasteiger partial charge >= 0.3 is 0 Å². The fourth-order valence-electron chi connectivity index (χ4n) is 2.72. The van der Waals surface area contributed by atoms with Crippen LogP contribution in [-0.4, -0.2) is 27.6 Å². The number of nitrogens with zero attached hydrogens (tertiary/aromatic N) is 3. The molecule has 1 N–H and O–H groups in total. The summed E-state index contributed by atoms with van der Waals surface area (Å²) in [5, 5.41) is 3.94. The van der Waals surface area contributed by atoms with Crippen LogP contribution in [0.4, 0.5) is 5.69 Å². The summed E-state index contributed by atoms with van der Waals surface area (Å²) in [7, 11) is 1.59. The molecule has 3 aromatic heterocycles. The van der Waals surface area contributed by atoms with Crippen LogP contribution in [0.2, 0.25) is 0 Å². The quantitative estimate of drug-likeness (QED) is 0.613. The lowest BCUT2D eigenvalue weighted by atomic mass is 10.2. The van der Waals surface area contributed by atoms with Crippen molar-refractivity contribution in [2.45, 2.75) is 0 Å². The van der Waals surface area contributed by atoms with Crippen LogP contribution in [0.25, 0.3) is 16.7 Å². The Hall–Kier alpha value is -3.67. The largest absolute Gasteiger partial charge is 0.497 e. The smallest absolute Gasteiger partial charge is 0.255 e. The van der Waals surface area contributed by atoms with E-state index in [4.69, 9.17) is 4.74 Å². The second-order valence-electron chi connectivity index (χ2n) is 5.71. The Morgan fingerprint density at radius 3 is 2.62 bits per heavy atom. The van der Waals surface area contributed by atoms with Gasteiger partial charge in [0.05, 0.1) is 30.7 Å². The van der Waals surface area contributed by atoms with Crippen LogP contribution < -0.4 is 10.1 Å². The highest BCUT2D eigenvalue weighted by atomic mass is 16.5. The molecule has 0 aliphatic rings. The zero-order valence-electron chi connectivity index (χ0n) is 14.1. The van der Waals surface area contributed by atoms with Gasteiger partial charge in [0.2, 0.25) is 0 Å². The van der Waals surface area contributed by atoms with Crippen LogP contribution in [0, 0.1) is 0 Å². The van der Waals surface area contributed by atoms with Gasteiger partial charge in [0.1, 0.15) is 11.6 Å². The molecule has 0 bridgehead atoms. The van der Waals surface area contributed by atoms with E-state index in [2.05, 4.69) is 15.3 Å². The molecule has 0 radical (unpaired) electrons. The summed E-state index contributed by atoms with van der Waals surface area (Å²) >= 11 is 0. The highest BCUT2D eigenvalue weighted by Crippen LogP contribution is 2.19. The Bertz CT molecular complexity index is 1050. The van der Waals surface area contributed by atoms with Crippen LogP contribution in [0.15, 0.2) is 73.3 Å². The van der Waals surface area contributed by atoms with E-state index >= 15 is 0 Å². The van der Waals surface area contributed by atoms with Crippen LogP contribution >= 0.6 is 0 Å². The molecule has 1 amide bonds. The number of anilines is 1. The number of methoxy groups -OCH3 is 1. The minimum absolute atomic E-state index is 0.196. The fourth-order valence-corrected chi connectivity index (χ4v) is 2.72. The number of amides is 1. The Kier molecular flexibility index (Phi) is 4.07. The van der Waals surface area contributed by atoms with E-state index in [1.54, 1.807) is 50.0 Å². The predicted molar refractivity (Wildman–Crippen MR) is 99.8 cm³/mol. The van der Waals surface area contributed by atoms with Crippen molar-refractivity contribution < 1.29 is 9.53 Å². The third-order valence-corrected chi connectivity index (χ3v) is 4.10. The maximum atomic E-state index is 12.3. The molecular weight excluding hydrogens is 328 g/mol. The van der Waals surface area contributed by atoms with Crippen molar-refractivity contribution in [2.75, 3.05) is 12.4 Å². The highest BCUT2D eigenvalue weighted by molar-refractivity contribution is 6.04. The predicted octanol–water partition coefficient (Wildman–Crippen LogP) is 3.68. The molecule has 0 fully saturated rings. The average molecular weight is 344 g/mol. The average Bonchev–Trinajstić information content (AvgIpc) is 3.13. The molecule has 0 aliphatic carbocycles. The number of rotatable bonds is 4. The van der Waals surface area contributed by atoms with Gasteiger partial charge in [-0.2, -0.15) is 0 Å². The monoisotopic (exact) mass is 344 g/mol. The number of pyridine rings is 2. The molecule has 0 saturated heterocycles. The number of hydrogen-bond donors (Lipinski definition) is 1. The summed E-state index contributed by atoms with van der Waals surface area (Å²) in [5.41, 5.74) is 2.16. The Balaban J connectivity index is 1.53. The highest BCUT2D eigenvalue weighted by Gasteiger charge is 2.08. The number of carbonyl (C=O) groups is 1. The van der Waals surface area contributed by atoms with E-state index in [0.717, 1.165) is 16.7 Å². The number of aromatic nitrogens is 3. The van der Waals surface area contributed by atoms with Crippen molar-refractivity contribution in [1.82, 2.24) is 14.5 Å². The number of fused-ring (bicyclic) bond motifs is 1. The number of benzene rings is 1. The molecule has 0 saturated carbocycles. The van der Waals surface area contributed by atoms with Gasteiger partial charge < -0.3 is 10.1 Å². The molecule has 6 heteroatoms. The summed E-state index contributed by atoms with van der Waals surface area (Å²) in [5.74, 6) is 1.27. The van der Waals surface area contributed by atoms with E-state index in [1.165, 1.54) is 0 Å². The fraction of sp³-hybridized carbons (Fsp3) is 0.0500. The molecule has 4 aromatic rings. The molecule has 3 heterocycles. The zero-order chi connectivity index (χ0) is 17.9. The second-order valence-corrected chi connectivity index (χ2v) is 5.71. The van der Waals surface area contributed by atoms with Crippen LogP contribution in [-0.2, 0) is 0 Å². The normalized spacial score (nSPS) is 10.7. The summed E-state index contributed by atoms with van der Waals surface area (Å²) in [6, 6.07) is 14.6. The molecular formula is C20H16N4O2. The van der Waals surface area contributed by atoms with Gasteiger partial charge in [-0.05, 0) is 48.5 Å². The Morgan fingerprint density at radius 2 is 1.88 bits per heavy atom. The number of hydrogen-bond acceptors (Lipinski definition) is 4. The van der Waals surface area contributed by atoms with Gasteiger partial charge in [0.25, 0.3) is 5.91 Å². The maximum Gasteiger partial charge on any atom is 0.255 e. The second kappa shape index (κ2) is 6.68. The summed E-state index contributed by atoms with van der Waals surface area (Å²) in [4.78, 5) is 20.9. The molecule has 6 nitrogen and oxygen atoms in total. The van der Waals surface area contributed by atoms with Crippen molar-refractivity contribution in [3.63, 3.8) is 0 Å². The van der Waals surface area contributed by atoms with E-state index in [-0.39, 0.29) is 5.91 Å². The molecule has 128 valence electrons. The minimum atomic E-state index is -0.196. The minimum Gasteiger partial charge on any atom is -0.497 e. The number of carbonyl (C=O) groups excluding carboxylic acids is 1. The Labute approximate surface area is 150 Å². The van der Waals surface area contributed by atoms with Crippen LogP contribution in [0.3, 0.4) is 0 Å². The zero-order valence-corrected chi connectivity index (χ0v) is 14.1. The Morgan fingerprint density at radius 1 is 1.04 bits per heavy atom. The van der Waals surface area contributed by atoms with Crippen LogP contribution in [0.1, 0.15) is 10.4 Å². The van der Waals surface area contributed by atoms with Gasteiger partial charge in [0.15, 0.2) is 0 Å². The summed E-state index contributed by atoms with van der Waals surface area (Å²) in [6.07, 6.45) is 7.15. The molecule has 1 aromatic carbocycles. The molecule has 0 spiro atoms. The molecule has 0 aliphatic heterocycles. The van der Waals surface area contributed by atoms with E-state index in [1.807, 2.05) is 35.0 Å². The lowest BCUT2D eigenvalue weighted by Crippen LogP contribution is -2.12. The first kappa shape index (κ1) is 15.8. The summed E-state index contributed by atoms with van der Waals surface area (Å²) in [6.45, 7) is 0. The topological polar surface area (TPSA) is 69.0 Å². The van der Waals surface area contributed by atoms with Crippen molar-refractivity contribution in [3.8, 4) is 11.6 Å². The lowest BCUT2D eigenvalue weighted by molar-refractivity contribution is 0.102. The van der Waals surface area contributed by atoms with E-state index in [9.17, 15) is 4.79 Å². The first-order chi connectivity index (χ1) is 12.7. The van der Waals surface area contributed by atoms with Gasteiger partial charge in [-0.3, -0.25) is 14.3 Å². The van der Waals surface area contributed by atoms with E-state index < -0.39 is 0 Å². The van der Waals surface area contributed by atoms with Crippen molar-refractivity contribution in [1.29, 1.82) is 0 Å². The van der Waals surface area contributed by atoms with Crippen molar-refractivity contribution in [3.05, 3.63) is 78.9 Å². The number of nitrogens with one attached hydrogen (secondary N) is 1. The molecule has 4 rings (SSSR count). The summed E-state index contributed by atoms with van der Waals surface area (Å²) < 4.78 is 7.05. The molecule has 0 atom stereocenters. The molecule has 0 unspecified atom stereocenters. The number of ether oxygens (including phenoxy) is 1. The lowest BCUT2D eigenvalue weighted by Gasteiger charge is -2.08. The van der Waals surface area contributed by atoms with Gasteiger partial charge in [-0.1, -0.05) is 0 Å².